The van der Waals surface area contributed by atoms with Gasteiger partial charge in [0.15, 0.2) is 0 Å². The van der Waals surface area contributed by atoms with Crippen molar-refractivity contribution < 1.29 is 8.42 Å². The van der Waals surface area contributed by atoms with Crippen molar-refractivity contribution >= 4 is 21.6 Å². The van der Waals surface area contributed by atoms with Crippen molar-refractivity contribution in [2.24, 2.45) is 11.8 Å². The van der Waals surface area contributed by atoms with Gasteiger partial charge >= 0.3 is 0 Å². The highest BCUT2D eigenvalue weighted by atomic mass is 35.5. The largest absolute Gasteiger partial charge is 0.316 e. The van der Waals surface area contributed by atoms with Gasteiger partial charge in [-0.25, -0.2) is 8.42 Å². The maximum atomic E-state index is 12.7. The topological polar surface area (TPSA) is 49.4 Å². The predicted octanol–water partition coefficient (Wildman–Crippen LogP) is 1.49. The molecule has 19 heavy (non-hydrogen) atoms. The first-order valence-electron chi connectivity index (χ1n) is 6.45. The summed E-state index contributed by atoms with van der Waals surface area (Å²) in [6.07, 6.45) is 0. The lowest BCUT2D eigenvalue weighted by Gasteiger charge is -2.18. The summed E-state index contributed by atoms with van der Waals surface area (Å²) in [5, 5.41) is 3.88. The lowest BCUT2D eigenvalue weighted by Crippen LogP contribution is -2.32. The third-order valence-corrected chi connectivity index (χ3v) is 6.34. The van der Waals surface area contributed by atoms with Crippen LogP contribution in [0.25, 0.3) is 0 Å². The van der Waals surface area contributed by atoms with Crippen LogP contribution in [0.1, 0.15) is 5.56 Å². The molecule has 2 heterocycles. The molecule has 0 aromatic heterocycles. The number of rotatable bonds is 2. The molecule has 2 unspecified atom stereocenters. The lowest BCUT2D eigenvalue weighted by atomic mass is 10.0. The molecule has 4 nitrogen and oxygen atoms in total. The van der Waals surface area contributed by atoms with Crippen molar-refractivity contribution in [1.82, 2.24) is 9.62 Å². The minimum atomic E-state index is -3.38. The standard InChI is InChI=1S/C13H17ClN2O2S/c1-9-4-12(14)2-3-13(9)19(17,18)16-7-10-5-15-6-11(10)8-16/h2-4,10-11,15H,5-8H2,1H3. The minimum absolute atomic E-state index is 0.379. The summed E-state index contributed by atoms with van der Waals surface area (Å²) in [4.78, 5) is 0.379. The van der Waals surface area contributed by atoms with Gasteiger partial charge in [0.25, 0.3) is 0 Å². The lowest BCUT2D eigenvalue weighted by molar-refractivity contribution is 0.447. The summed E-state index contributed by atoms with van der Waals surface area (Å²) >= 11 is 5.89. The number of hydrogen-bond donors (Lipinski definition) is 1. The van der Waals surface area contributed by atoms with Crippen LogP contribution in [0.5, 0.6) is 0 Å². The number of nitrogens with one attached hydrogen (secondary N) is 1. The van der Waals surface area contributed by atoms with Crippen LogP contribution in [0.2, 0.25) is 5.02 Å². The van der Waals surface area contributed by atoms with Crippen LogP contribution < -0.4 is 5.32 Å². The summed E-state index contributed by atoms with van der Waals surface area (Å²) in [7, 11) is -3.38. The Morgan fingerprint density at radius 1 is 1.26 bits per heavy atom. The Bertz CT molecular complexity index is 591. The number of nitrogens with zero attached hydrogens (tertiary/aromatic N) is 1. The zero-order chi connectivity index (χ0) is 13.6. The Morgan fingerprint density at radius 3 is 2.47 bits per heavy atom. The van der Waals surface area contributed by atoms with Gasteiger partial charge in [0.05, 0.1) is 4.90 Å². The molecular formula is C13H17ClN2O2S. The Kier molecular flexibility index (Phi) is 3.33. The van der Waals surface area contributed by atoms with Gasteiger partial charge in [-0.1, -0.05) is 11.6 Å². The highest BCUT2D eigenvalue weighted by Crippen LogP contribution is 2.32. The number of sulfonamides is 1. The van der Waals surface area contributed by atoms with Crippen molar-refractivity contribution in [1.29, 1.82) is 0 Å². The zero-order valence-electron chi connectivity index (χ0n) is 10.8. The molecule has 1 aromatic carbocycles. The van der Waals surface area contributed by atoms with Gasteiger partial charge in [-0.2, -0.15) is 4.31 Å². The summed E-state index contributed by atoms with van der Waals surface area (Å²) in [6, 6.07) is 4.95. The van der Waals surface area contributed by atoms with Gasteiger partial charge in [-0.15, -0.1) is 0 Å². The highest BCUT2D eigenvalue weighted by molar-refractivity contribution is 7.89. The first-order valence-corrected chi connectivity index (χ1v) is 8.27. The van der Waals surface area contributed by atoms with E-state index >= 15 is 0 Å². The van der Waals surface area contributed by atoms with E-state index in [1.165, 1.54) is 0 Å². The first-order chi connectivity index (χ1) is 8.98. The van der Waals surface area contributed by atoms with Crippen molar-refractivity contribution in [2.45, 2.75) is 11.8 Å². The molecule has 6 heteroatoms. The van der Waals surface area contributed by atoms with E-state index in [1.54, 1.807) is 29.4 Å². The molecule has 104 valence electrons. The Morgan fingerprint density at radius 2 is 1.89 bits per heavy atom. The van der Waals surface area contributed by atoms with Crippen LogP contribution in [0.3, 0.4) is 0 Å². The smallest absolute Gasteiger partial charge is 0.243 e. The highest BCUT2D eigenvalue weighted by Gasteiger charge is 2.41. The average molecular weight is 301 g/mol. The second-order valence-corrected chi connectivity index (χ2v) is 7.75. The molecule has 1 N–H and O–H groups in total. The predicted molar refractivity (Wildman–Crippen MR) is 74.8 cm³/mol. The third kappa shape index (κ3) is 2.29. The molecule has 2 saturated heterocycles. The van der Waals surface area contributed by atoms with Gasteiger partial charge in [0.2, 0.25) is 10.0 Å². The molecule has 2 fully saturated rings. The van der Waals surface area contributed by atoms with E-state index in [0.717, 1.165) is 13.1 Å². The summed E-state index contributed by atoms with van der Waals surface area (Å²) in [5.41, 5.74) is 0.711. The zero-order valence-corrected chi connectivity index (χ0v) is 12.3. The van der Waals surface area contributed by atoms with Crippen molar-refractivity contribution in [3.8, 4) is 0 Å². The van der Waals surface area contributed by atoms with Crippen LogP contribution >= 0.6 is 11.6 Å². The molecule has 0 spiro atoms. The minimum Gasteiger partial charge on any atom is -0.316 e. The normalized spacial score (nSPS) is 27.7. The third-order valence-electron chi connectivity index (χ3n) is 4.11. The van der Waals surface area contributed by atoms with Crippen LogP contribution in [-0.2, 0) is 10.0 Å². The van der Waals surface area contributed by atoms with E-state index in [0.29, 0.717) is 40.4 Å². The number of halogens is 1. The van der Waals surface area contributed by atoms with Gasteiger partial charge in [0.1, 0.15) is 0 Å². The summed E-state index contributed by atoms with van der Waals surface area (Å²) < 4.78 is 26.9. The average Bonchev–Trinajstić information content (AvgIpc) is 2.87. The molecule has 0 aliphatic carbocycles. The first kappa shape index (κ1) is 13.4. The van der Waals surface area contributed by atoms with Crippen LogP contribution in [0.4, 0.5) is 0 Å². The van der Waals surface area contributed by atoms with Crippen molar-refractivity contribution in [2.75, 3.05) is 26.2 Å². The Balaban J connectivity index is 1.91. The number of fused-ring (bicyclic) bond motifs is 1. The SMILES string of the molecule is Cc1cc(Cl)ccc1S(=O)(=O)N1CC2CNCC2C1. The fraction of sp³-hybridized carbons (Fsp3) is 0.538. The van der Waals surface area contributed by atoms with Gasteiger partial charge in [-0.3, -0.25) is 0 Å². The molecule has 2 atom stereocenters. The monoisotopic (exact) mass is 300 g/mol. The van der Waals surface area contributed by atoms with E-state index in [9.17, 15) is 8.42 Å². The van der Waals surface area contributed by atoms with Gasteiger partial charge in [0, 0.05) is 18.1 Å². The fourth-order valence-electron chi connectivity index (χ4n) is 3.05. The number of benzene rings is 1. The van der Waals surface area contributed by atoms with E-state index in [4.69, 9.17) is 11.6 Å². The molecule has 1 aromatic rings. The van der Waals surface area contributed by atoms with Crippen LogP contribution in [0.15, 0.2) is 23.1 Å². The fourth-order valence-corrected chi connectivity index (χ4v) is 5.04. The molecular weight excluding hydrogens is 284 g/mol. The van der Waals surface area contributed by atoms with E-state index < -0.39 is 10.0 Å². The molecule has 0 amide bonds. The van der Waals surface area contributed by atoms with Crippen molar-refractivity contribution in [3.05, 3.63) is 28.8 Å². The summed E-state index contributed by atoms with van der Waals surface area (Å²) in [5.74, 6) is 0.921. The van der Waals surface area contributed by atoms with E-state index in [2.05, 4.69) is 5.32 Å². The molecule has 0 saturated carbocycles. The van der Waals surface area contributed by atoms with Gasteiger partial charge < -0.3 is 5.32 Å². The second kappa shape index (κ2) is 4.74. The maximum Gasteiger partial charge on any atom is 0.243 e. The Labute approximate surface area is 118 Å². The number of hydrogen-bond acceptors (Lipinski definition) is 3. The van der Waals surface area contributed by atoms with Crippen molar-refractivity contribution in [3.63, 3.8) is 0 Å². The molecule has 2 aliphatic rings. The summed E-state index contributed by atoms with van der Waals surface area (Å²) in [6.45, 7) is 4.90. The van der Waals surface area contributed by atoms with E-state index in [1.807, 2.05) is 0 Å². The Hall–Kier alpha value is -0.620. The molecule has 2 aliphatic heterocycles. The molecule has 3 rings (SSSR count). The molecule has 0 radical (unpaired) electrons. The second-order valence-electron chi connectivity index (χ2n) is 5.41. The molecule has 0 bridgehead atoms. The van der Waals surface area contributed by atoms with Gasteiger partial charge in [-0.05, 0) is 55.6 Å². The van der Waals surface area contributed by atoms with Crippen LogP contribution in [-0.4, -0.2) is 38.9 Å². The maximum absolute atomic E-state index is 12.7. The number of aryl methyl sites for hydroxylation is 1. The van der Waals surface area contributed by atoms with Crippen LogP contribution in [0, 0.1) is 18.8 Å². The van der Waals surface area contributed by atoms with E-state index in [-0.39, 0.29) is 0 Å². The quantitative estimate of drug-likeness (QED) is 0.900.